The molecule has 0 saturated carbocycles. The number of rotatable bonds is 9. The van der Waals surface area contributed by atoms with Crippen LogP contribution in [0.1, 0.15) is 40.8 Å². The molecule has 1 atom stereocenters. The van der Waals surface area contributed by atoms with Crippen molar-refractivity contribution in [3.05, 3.63) is 151 Å². The van der Waals surface area contributed by atoms with Crippen LogP contribution in [0.3, 0.4) is 0 Å². The summed E-state index contributed by atoms with van der Waals surface area (Å²) in [5.74, 6) is 0.131. The van der Waals surface area contributed by atoms with Crippen molar-refractivity contribution in [1.29, 1.82) is 5.26 Å². The van der Waals surface area contributed by atoms with E-state index in [4.69, 9.17) is 19.7 Å². The Morgan fingerprint density at radius 2 is 1.79 bits per heavy atom. The molecule has 0 saturated heterocycles. The summed E-state index contributed by atoms with van der Waals surface area (Å²) < 4.78 is 15.9. The number of nitrogens with zero attached hydrogens (tertiary/aromatic N) is 3. The maximum atomic E-state index is 14.4. The molecule has 6 rings (SSSR count). The predicted molar refractivity (Wildman–Crippen MR) is 207 cm³/mol. The first-order chi connectivity index (χ1) is 23.3. The molecule has 4 aromatic carbocycles. The number of thiazole rings is 1. The summed E-state index contributed by atoms with van der Waals surface area (Å²) in [7, 11) is 0. The van der Waals surface area contributed by atoms with Gasteiger partial charge < -0.3 is 9.47 Å². The maximum Gasteiger partial charge on any atom is 0.338 e. The van der Waals surface area contributed by atoms with Crippen LogP contribution in [0, 0.1) is 18.5 Å². The van der Waals surface area contributed by atoms with Gasteiger partial charge in [-0.3, -0.25) is 9.36 Å². The van der Waals surface area contributed by atoms with Crippen molar-refractivity contribution in [3.63, 3.8) is 0 Å². The quantitative estimate of drug-likeness (QED) is 0.0876. The number of esters is 1. The first-order valence-corrected chi connectivity index (χ1v) is 19.0. The van der Waals surface area contributed by atoms with Crippen LogP contribution in [-0.4, -0.2) is 23.4 Å². The standard InChI is InChI=1S/C37H27I2N3O4S2/c1-3-45-36(44)31-32(24-7-5-4-6-8-24)41-37-42(33(31)25-13-15-28(47-2)16-14-25)35(43)30(48-37)18-26-17-27(38)19-29(39)34(26)46-21-23-11-9-22(20-40)10-12-23/h4-19,33H,3,21H2,1-2H3/b30-18-/t33-/m1/s1. The Morgan fingerprint density at radius 1 is 1.06 bits per heavy atom. The van der Waals surface area contributed by atoms with E-state index in [0.717, 1.165) is 34.3 Å². The predicted octanol–water partition coefficient (Wildman–Crippen LogP) is 7.32. The molecule has 0 unspecified atom stereocenters. The first-order valence-electron chi connectivity index (χ1n) is 14.8. The summed E-state index contributed by atoms with van der Waals surface area (Å²) in [6.45, 7) is 2.24. The zero-order chi connectivity index (χ0) is 33.8. The monoisotopic (exact) mass is 895 g/mol. The lowest BCUT2D eigenvalue weighted by molar-refractivity contribution is -0.138. The molecule has 0 radical (unpaired) electrons. The van der Waals surface area contributed by atoms with Gasteiger partial charge in [-0.05, 0) is 112 Å². The van der Waals surface area contributed by atoms with E-state index in [-0.39, 0.29) is 12.2 Å². The summed E-state index contributed by atoms with van der Waals surface area (Å²) >= 11 is 7.40. The topological polar surface area (TPSA) is 93.7 Å². The number of carbonyl (C=O) groups is 1. The third-order valence-corrected chi connectivity index (χ3v) is 10.7. The van der Waals surface area contributed by atoms with Crippen LogP contribution < -0.4 is 19.6 Å². The normalized spacial score (nSPS) is 14.2. The summed E-state index contributed by atoms with van der Waals surface area (Å²) in [6.07, 6.45) is 3.84. The molecule has 7 nitrogen and oxygen atoms in total. The fraction of sp³-hybridized carbons (Fsp3) is 0.135. The van der Waals surface area contributed by atoms with Crippen molar-refractivity contribution >= 4 is 86.0 Å². The molecule has 0 N–H and O–H groups in total. The van der Waals surface area contributed by atoms with Crippen molar-refractivity contribution < 1.29 is 14.3 Å². The Balaban J connectivity index is 1.54. The highest BCUT2D eigenvalue weighted by atomic mass is 127. The second-order valence-corrected chi connectivity index (χ2v) is 14.9. The minimum atomic E-state index is -0.753. The van der Waals surface area contributed by atoms with Crippen LogP contribution in [0.4, 0.5) is 0 Å². The van der Waals surface area contributed by atoms with Crippen molar-refractivity contribution in [3.8, 4) is 11.8 Å². The van der Waals surface area contributed by atoms with Crippen molar-refractivity contribution in [1.82, 2.24) is 4.57 Å². The molecule has 0 bridgehead atoms. The molecule has 1 aliphatic rings. The molecular formula is C37H27I2N3O4S2. The maximum absolute atomic E-state index is 14.4. The van der Waals surface area contributed by atoms with Gasteiger partial charge >= 0.3 is 5.97 Å². The summed E-state index contributed by atoms with van der Waals surface area (Å²) in [6, 6.07) is 30.1. The number of aromatic nitrogens is 1. The van der Waals surface area contributed by atoms with Crippen LogP contribution in [0.5, 0.6) is 5.75 Å². The number of thioether (sulfide) groups is 1. The Labute approximate surface area is 312 Å². The highest BCUT2D eigenvalue weighted by Gasteiger charge is 2.35. The number of halogens is 2. The summed E-state index contributed by atoms with van der Waals surface area (Å²) in [5, 5.41) is 9.15. The second-order valence-electron chi connectivity index (χ2n) is 10.6. The van der Waals surface area contributed by atoms with Crippen LogP contribution in [-0.2, 0) is 16.1 Å². The Kier molecular flexibility index (Phi) is 10.8. The first kappa shape index (κ1) is 34.2. The molecule has 5 aromatic rings. The highest BCUT2D eigenvalue weighted by molar-refractivity contribution is 14.1. The molecule has 0 aliphatic carbocycles. The lowest BCUT2D eigenvalue weighted by Gasteiger charge is -2.26. The van der Waals surface area contributed by atoms with Crippen LogP contribution in [0.15, 0.2) is 111 Å². The fourth-order valence-electron chi connectivity index (χ4n) is 5.35. The van der Waals surface area contributed by atoms with Crippen LogP contribution in [0.2, 0.25) is 0 Å². The zero-order valence-corrected chi connectivity index (χ0v) is 31.7. The van der Waals surface area contributed by atoms with Gasteiger partial charge in [0.1, 0.15) is 12.4 Å². The molecule has 48 heavy (non-hydrogen) atoms. The number of fused-ring (bicyclic) bond motifs is 1. The molecule has 0 fully saturated rings. The van der Waals surface area contributed by atoms with E-state index in [0.29, 0.717) is 38.5 Å². The molecule has 11 heteroatoms. The number of benzene rings is 4. The number of carbonyl (C=O) groups excluding carboxylic acids is 1. The molecule has 1 aliphatic heterocycles. The summed E-state index contributed by atoms with van der Waals surface area (Å²) in [4.78, 5) is 34.7. The Hall–Kier alpha value is -3.71. The molecule has 1 aromatic heterocycles. The van der Waals surface area contributed by atoms with E-state index in [1.165, 1.54) is 11.3 Å². The third kappa shape index (κ3) is 7.17. The minimum Gasteiger partial charge on any atom is -0.487 e. The number of hydrogen-bond donors (Lipinski definition) is 0. The van der Waals surface area contributed by atoms with Crippen molar-refractivity contribution in [2.75, 3.05) is 12.9 Å². The molecular weight excluding hydrogens is 868 g/mol. The average molecular weight is 896 g/mol. The van der Waals surface area contributed by atoms with Crippen molar-refractivity contribution in [2.24, 2.45) is 4.99 Å². The van der Waals surface area contributed by atoms with Crippen LogP contribution >= 0.6 is 68.3 Å². The van der Waals surface area contributed by atoms with Gasteiger partial charge in [0, 0.05) is 19.6 Å². The van der Waals surface area contributed by atoms with Gasteiger partial charge in [0.15, 0.2) is 4.80 Å². The summed E-state index contributed by atoms with van der Waals surface area (Å²) in [5.41, 5.74) is 4.32. The van der Waals surface area contributed by atoms with E-state index in [2.05, 4.69) is 51.3 Å². The van der Waals surface area contributed by atoms with Gasteiger partial charge in [-0.1, -0.05) is 65.9 Å². The average Bonchev–Trinajstić information content (AvgIpc) is 3.41. The minimum absolute atomic E-state index is 0.184. The number of hydrogen-bond acceptors (Lipinski definition) is 8. The Bertz CT molecular complexity index is 2260. The van der Waals surface area contributed by atoms with E-state index < -0.39 is 12.0 Å². The van der Waals surface area contributed by atoms with E-state index in [1.807, 2.05) is 91.2 Å². The Morgan fingerprint density at radius 3 is 2.46 bits per heavy atom. The number of ether oxygens (including phenoxy) is 2. The fourth-order valence-corrected chi connectivity index (χ4v) is 8.80. The molecule has 0 amide bonds. The third-order valence-electron chi connectivity index (χ3n) is 7.60. The van der Waals surface area contributed by atoms with E-state index >= 15 is 0 Å². The second kappa shape index (κ2) is 15.2. The van der Waals surface area contributed by atoms with E-state index in [1.54, 1.807) is 35.4 Å². The molecule has 2 heterocycles. The molecule has 240 valence electrons. The number of nitriles is 1. The van der Waals surface area contributed by atoms with E-state index in [9.17, 15) is 9.59 Å². The largest absolute Gasteiger partial charge is 0.487 e. The van der Waals surface area contributed by atoms with Crippen molar-refractivity contribution in [2.45, 2.75) is 24.5 Å². The van der Waals surface area contributed by atoms with Crippen LogP contribution in [0.25, 0.3) is 11.8 Å². The van der Waals surface area contributed by atoms with Gasteiger partial charge in [0.05, 0.1) is 43.7 Å². The lowest BCUT2D eigenvalue weighted by Crippen LogP contribution is -2.40. The zero-order valence-electron chi connectivity index (χ0n) is 25.8. The van der Waals surface area contributed by atoms with Gasteiger partial charge in [-0.25, -0.2) is 9.79 Å². The van der Waals surface area contributed by atoms with Gasteiger partial charge in [0.25, 0.3) is 5.56 Å². The molecule has 0 spiro atoms. The smallest absolute Gasteiger partial charge is 0.338 e. The highest BCUT2D eigenvalue weighted by Crippen LogP contribution is 2.36. The SMILES string of the molecule is CCOC(=O)C1=C(c2ccccc2)N=c2s/c(=C\c3cc(I)cc(I)c3OCc3ccc(C#N)cc3)c(=O)n2[C@@H]1c1ccc(SC)cc1. The van der Waals surface area contributed by atoms with Gasteiger partial charge in [0.2, 0.25) is 0 Å². The van der Waals surface area contributed by atoms with Gasteiger partial charge in [-0.2, -0.15) is 5.26 Å². The lowest BCUT2D eigenvalue weighted by atomic mass is 9.93. The van der Waals surface area contributed by atoms with Gasteiger partial charge in [-0.15, -0.1) is 11.8 Å².